The molecule has 0 spiro atoms. The third-order valence-electron chi connectivity index (χ3n) is 2.86. The minimum Gasteiger partial charge on any atom is -0.497 e. The summed E-state index contributed by atoms with van der Waals surface area (Å²) in [5, 5.41) is 21.1. The summed E-state index contributed by atoms with van der Waals surface area (Å²) < 4.78 is 10.3. The van der Waals surface area contributed by atoms with Crippen LogP contribution in [-0.2, 0) is 4.74 Å². The number of hydrogen-bond donors (Lipinski definition) is 3. The number of ether oxygens (including phenoxy) is 2. The van der Waals surface area contributed by atoms with Crippen LogP contribution in [0.4, 0.5) is 5.69 Å². The number of methoxy groups -OCH3 is 2. The lowest BCUT2D eigenvalue weighted by Gasteiger charge is -2.26. The molecule has 0 fully saturated rings. The van der Waals surface area contributed by atoms with Gasteiger partial charge in [0.2, 0.25) is 0 Å². The molecular formula is C13H21N3O4. The molecule has 0 radical (unpaired) electrons. The lowest BCUT2D eigenvalue weighted by molar-refractivity contribution is 0.203. The summed E-state index contributed by atoms with van der Waals surface area (Å²) in [7, 11) is 3.17. The van der Waals surface area contributed by atoms with Crippen LogP contribution in [0.5, 0.6) is 5.75 Å². The molecule has 7 heteroatoms. The van der Waals surface area contributed by atoms with E-state index in [0.29, 0.717) is 36.7 Å². The Morgan fingerprint density at radius 3 is 2.65 bits per heavy atom. The Morgan fingerprint density at radius 1 is 1.35 bits per heavy atom. The number of anilines is 1. The summed E-state index contributed by atoms with van der Waals surface area (Å²) in [6, 6.07) is 5.21. The van der Waals surface area contributed by atoms with Gasteiger partial charge in [-0.15, -0.1) is 0 Å². The van der Waals surface area contributed by atoms with E-state index in [2.05, 4.69) is 5.16 Å². The van der Waals surface area contributed by atoms with Crippen LogP contribution in [-0.4, -0.2) is 56.7 Å². The highest BCUT2D eigenvalue weighted by Gasteiger charge is 2.15. The smallest absolute Gasteiger partial charge is 0.172 e. The van der Waals surface area contributed by atoms with Crippen LogP contribution in [0.3, 0.4) is 0 Å². The molecule has 0 saturated heterocycles. The first-order chi connectivity index (χ1) is 9.67. The van der Waals surface area contributed by atoms with Gasteiger partial charge >= 0.3 is 0 Å². The summed E-state index contributed by atoms with van der Waals surface area (Å²) in [5.74, 6) is 0.651. The number of nitrogens with zero attached hydrogens (tertiary/aromatic N) is 2. The zero-order valence-electron chi connectivity index (χ0n) is 11.7. The molecule has 1 aromatic rings. The second-order valence-corrected chi connectivity index (χ2v) is 4.07. The summed E-state index contributed by atoms with van der Waals surface area (Å²) in [5.41, 5.74) is 6.97. The molecule has 112 valence electrons. The summed E-state index contributed by atoms with van der Waals surface area (Å²) in [6.07, 6.45) is 0. The third kappa shape index (κ3) is 4.01. The Bertz CT molecular complexity index is 451. The van der Waals surface area contributed by atoms with E-state index in [-0.39, 0.29) is 12.4 Å². The molecule has 0 aliphatic carbocycles. The van der Waals surface area contributed by atoms with E-state index in [1.807, 2.05) is 4.90 Å². The van der Waals surface area contributed by atoms with Crippen LogP contribution in [0.1, 0.15) is 5.56 Å². The summed E-state index contributed by atoms with van der Waals surface area (Å²) in [4.78, 5) is 1.89. The largest absolute Gasteiger partial charge is 0.497 e. The Morgan fingerprint density at radius 2 is 2.10 bits per heavy atom. The van der Waals surface area contributed by atoms with Crippen molar-refractivity contribution in [2.24, 2.45) is 10.9 Å². The average molecular weight is 283 g/mol. The molecule has 0 heterocycles. The topological polar surface area (TPSA) is 101 Å². The number of hydrogen-bond acceptors (Lipinski definition) is 6. The highest BCUT2D eigenvalue weighted by Crippen LogP contribution is 2.26. The van der Waals surface area contributed by atoms with E-state index < -0.39 is 0 Å². The van der Waals surface area contributed by atoms with Gasteiger partial charge in [-0.3, -0.25) is 0 Å². The first-order valence-corrected chi connectivity index (χ1v) is 6.18. The van der Waals surface area contributed by atoms with Crippen molar-refractivity contribution in [1.82, 2.24) is 0 Å². The average Bonchev–Trinajstić information content (AvgIpc) is 2.50. The van der Waals surface area contributed by atoms with Gasteiger partial charge in [-0.1, -0.05) is 5.16 Å². The van der Waals surface area contributed by atoms with Crippen LogP contribution in [0.2, 0.25) is 0 Å². The van der Waals surface area contributed by atoms with Crippen LogP contribution in [0.25, 0.3) is 0 Å². The van der Waals surface area contributed by atoms with E-state index in [1.54, 1.807) is 32.4 Å². The van der Waals surface area contributed by atoms with E-state index >= 15 is 0 Å². The van der Waals surface area contributed by atoms with Crippen molar-refractivity contribution in [2.75, 3.05) is 45.4 Å². The Kier molecular flexibility index (Phi) is 6.61. The van der Waals surface area contributed by atoms with Gasteiger partial charge in [0.15, 0.2) is 5.84 Å². The highest BCUT2D eigenvalue weighted by molar-refractivity contribution is 6.02. The van der Waals surface area contributed by atoms with E-state index in [0.717, 1.165) is 0 Å². The van der Waals surface area contributed by atoms with E-state index in [1.165, 1.54) is 0 Å². The molecule has 1 rings (SSSR count). The number of aliphatic hydroxyl groups is 1. The number of aliphatic hydroxyl groups excluding tert-OH is 1. The van der Waals surface area contributed by atoms with Gasteiger partial charge in [-0.05, 0) is 12.1 Å². The van der Waals surface area contributed by atoms with E-state index in [4.69, 9.17) is 20.4 Å². The zero-order valence-corrected chi connectivity index (χ0v) is 11.7. The Labute approximate surface area is 118 Å². The molecule has 4 N–H and O–H groups in total. The molecule has 0 unspecified atom stereocenters. The van der Waals surface area contributed by atoms with Crippen molar-refractivity contribution in [2.45, 2.75) is 0 Å². The third-order valence-corrected chi connectivity index (χ3v) is 2.86. The van der Waals surface area contributed by atoms with Gasteiger partial charge in [0.05, 0.1) is 26.0 Å². The molecule has 0 aliphatic heterocycles. The maximum absolute atomic E-state index is 9.19. The number of benzene rings is 1. The van der Waals surface area contributed by atoms with Crippen LogP contribution in [0, 0.1) is 0 Å². The summed E-state index contributed by atoms with van der Waals surface area (Å²) >= 11 is 0. The zero-order chi connectivity index (χ0) is 15.0. The van der Waals surface area contributed by atoms with Crippen LogP contribution in [0.15, 0.2) is 23.4 Å². The fourth-order valence-electron chi connectivity index (χ4n) is 1.85. The minimum absolute atomic E-state index is 0.00279. The van der Waals surface area contributed by atoms with Gasteiger partial charge in [0, 0.05) is 31.8 Å². The van der Waals surface area contributed by atoms with Crippen LogP contribution < -0.4 is 15.4 Å². The van der Waals surface area contributed by atoms with Crippen molar-refractivity contribution < 1.29 is 19.8 Å². The number of rotatable bonds is 8. The Hall–Kier alpha value is -1.99. The first-order valence-electron chi connectivity index (χ1n) is 6.18. The summed E-state index contributed by atoms with van der Waals surface area (Å²) in [6.45, 7) is 1.45. The number of oxime groups is 1. The predicted octanol–water partition coefficient (Wildman–Crippen LogP) is 0.235. The van der Waals surface area contributed by atoms with Crippen molar-refractivity contribution >= 4 is 11.5 Å². The quantitative estimate of drug-likeness (QED) is 0.273. The molecular weight excluding hydrogens is 262 g/mol. The molecule has 0 bridgehead atoms. The van der Waals surface area contributed by atoms with Crippen molar-refractivity contribution in [1.29, 1.82) is 0 Å². The fraction of sp³-hybridized carbons (Fsp3) is 0.462. The van der Waals surface area contributed by atoms with Crippen molar-refractivity contribution in [3.63, 3.8) is 0 Å². The van der Waals surface area contributed by atoms with Crippen LogP contribution >= 0.6 is 0 Å². The van der Waals surface area contributed by atoms with Gasteiger partial charge in [0.25, 0.3) is 0 Å². The SMILES string of the molecule is COCCN(CCO)c1cc(OC)ccc1/C(N)=N/O. The van der Waals surface area contributed by atoms with Gasteiger partial charge in [-0.25, -0.2) is 0 Å². The maximum atomic E-state index is 9.19. The molecule has 0 atom stereocenters. The molecule has 7 nitrogen and oxygen atoms in total. The van der Waals surface area contributed by atoms with E-state index in [9.17, 15) is 5.11 Å². The molecule has 1 aromatic carbocycles. The second kappa shape index (κ2) is 8.23. The maximum Gasteiger partial charge on any atom is 0.172 e. The lowest BCUT2D eigenvalue weighted by Crippen LogP contribution is -2.32. The van der Waals surface area contributed by atoms with Crippen molar-refractivity contribution in [3.8, 4) is 5.75 Å². The highest BCUT2D eigenvalue weighted by atomic mass is 16.5. The minimum atomic E-state index is -0.0173. The lowest BCUT2D eigenvalue weighted by atomic mass is 10.1. The standard InChI is InChI=1S/C13H21N3O4/c1-19-8-6-16(5-7-17)12-9-10(20-2)3-4-11(12)13(14)15-18/h3-4,9,17-18H,5-8H2,1-2H3,(H2,14,15). The van der Waals surface area contributed by atoms with Gasteiger partial charge in [0.1, 0.15) is 5.75 Å². The predicted molar refractivity (Wildman–Crippen MR) is 76.7 cm³/mol. The molecule has 0 aliphatic rings. The molecule has 0 saturated carbocycles. The van der Waals surface area contributed by atoms with Gasteiger partial charge < -0.3 is 30.4 Å². The Balaban J connectivity index is 3.20. The molecule has 20 heavy (non-hydrogen) atoms. The normalized spacial score (nSPS) is 11.4. The number of nitrogens with two attached hydrogens (primary N) is 1. The molecule has 0 aromatic heterocycles. The van der Waals surface area contributed by atoms with Crippen molar-refractivity contribution in [3.05, 3.63) is 23.8 Å². The fourth-order valence-corrected chi connectivity index (χ4v) is 1.85. The first kappa shape index (κ1) is 16.1. The molecule has 0 amide bonds. The monoisotopic (exact) mass is 283 g/mol. The second-order valence-electron chi connectivity index (χ2n) is 4.07. The van der Waals surface area contributed by atoms with Gasteiger partial charge in [-0.2, -0.15) is 0 Å². The number of amidine groups is 1.